The maximum absolute atomic E-state index is 11.9. The van der Waals surface area contributed by atoms with Crippen LogP contribution in [0.25, 0.3) is 0 Å². The number of hydrogen-bond donors (Lipinski definition) is 1. The molecule has 0 aliphatic heterocycles. The summed E-state index contributed by atoms with van der Waals surface area (Å²) in [6.45, 7) is 10.7. The van der Waals surface area contributed by atoms with Crippen molar-refractivity contribution in [1.29, 1.82) is 0 Å². The number of rotatable bonds is 8. The summed E-state index contributed by atoms with van der Waals surface area (Å²) in [5.74, 6) is -0.337. The summed E-state index contributed by atoms with van der Waals surface area (Å²) in [6.07, 6.45) is 0.901. The summed E-state index contributed by atoms with van der Waals surface area (Å²) in [6, 6.07) is -0.224. The lowest BCUT2D eigenvalue weighted by Gasteiger charge is -2.30. The third kappa shape index (κ3) is 6.00. The minimum atomic E-state index is -0.332. The van der Waals surface area contributed by atoms with Gasteiger partial charge in [0.15, 0.2) is 0 Å². The minimum Gasteiger partial charge on any atom is -0.465 e. The van der Waals surface area contributed by atoms with E-state index in [-0.39, 0.29) is 30.5 Å². The van der Waals surface area contributed by atoms with Crippen LogP contribution in [0.3, 0.4) is 0 Å². The molecule has 5 heteroatoms. The molecule has 106 valence electrons. The first-order valence-electron chi connectivity index (χ1n) is 6.63. The van der Waals surface area contributed by atoms with E-state index < -0.39 is 0 Å². The van der Waals surface area contributed by atoms with E-state index in [1.54, 1.807) is 6.92 Å². The van der Waals surface area contributed by atoms with Gasteiger partial charge < -0.3 is 10.1 Å². The summed E-state index contributed by atoms with van der Waals surface area (Å²) in [7, 11) is 0. The van der Waals surface area contributed by atoms with Crippen molar-refractivity contribution in [3.05, 3.63) is 0 Å². The quantitative estimate of drug-likeness (QED) is 0.664. The number of nitrogens with one attached hydrogen (secondary N) is 1. The predicted molar refractivity (Wildman–Crippen MR) is 71.2 cm³/mol. The fourth-order valence-corrected chi connectivity index (χ4v) is 1.67. The van der Waals surface area contributed by atoms with Gasteiger partial charge in [0.25, 0.3) is 0 Å². The highest BCUT2D eigenvalue weighted by Gasteiger charge is 2.25. The molecule has 0 aliphatic carbocycles. The van der Waals surface area contributed by atoms with Crippen LogP contribution in [-0.2, 0) is 14.3 Å². The molecule has 18 heavy (non-hydrogen) atoms. The molecule has 0 heterocycles. The van der Waals surface area contributed by atoms with Crippen LogP contribution in [0.1, 0.15) is 41.0 Å². The van der Waals surface area contributed by atoms with E-state index in [1.807, 2.05) is 32.6 Å². The monoisotopic (exact) mass is 258 g/mol. The average Bonchev–Trinajstić information content (AvgIpc) is 2.32. The number of carbonyl (C=O) groups excluding carboxylic acids is 2. The van der Waals surface area contributed by atoms with Crippen LogP contribution in [0.4, 0.5) is 0 Å². The highest BCUT2D eigenvalue weighted by atomic mass is 16.5. The lowest BCUT2D eigenvalue weighted by molar-refractivity contribution is -0.146. The largest absolute Gasteiger partial charge is 0.465 e. The predicted octanol–water partition coefficient (Wildman–Crippen LogP) is 1.17. The van der Waals surface area contributed by atoms with E-state index >= 15 is 0 Å². The van der Waals surface area contributed by atoms with Crippen molar-refractivity contribution in [3.8, 4) is 0 Å². The normalized spacial score (nSPS) is 12.6. The molecule has 0 aliphatic rings. The number of hydrogen-bond acceptors (Lipinski definition) is 4. The summed E-state index contributed by atoms with van der Waals surface area (Å²) >= 11 is 0. The first-order valence-corrected chi connectivity index (χ1v) is 6.63. The molecule has 0 aromatic carbocycles. The van der Waals surface area contributed by atoms with E-state index in [9.17, 15) is 9.59 Å². The summed E-state index contributed by atoms with van der Waals surface area (Å²) in [4.78, 5) is 25.2. The standard InChI is InChI=1S/C13H26N2O3/c1-6-8-14-13(17)11(5)15(10(3)4)9-12(16)18-7-2/h10-11H,6-9H2,1-5H3,(H,14,17). The van der Waals surface area contributed by atoms with Crippen molar-refractivity contribution in [3.63, 3.8) is 0 Å². The van der Waals surface area contributed by atoms with Gasteiger partial charge in [0.05, 0.1) is 19.2 Å². The molecule has 0 saturated heterocycles. The van der Waals surface area contributed by atoms with Crippen LogP contribution < -0.4 is 5.32 Å². The van der Waals surface area contributed by atoms with Crippen LogP contribution in [0, 0.1) is 0 Å². The molecule has 5 nitrogen and oxygen atoms in total. The maximum Gasteiger partial charge on any atom is 0.320 e. The van der Waals surface area contributed by atoms with Crippen molar-refractivity contribution in [1.82, 2.24) is 10.2 Å². The van der Waals surface area contributed by atoms with Crippen LogP contribution in [0.15, 0.2) is 0 Å². The zero-order valence-electron chi connectivity index (χ0n) is 12.2. The van der Waals surface area contributed by atoms with Crippen molar-refractivity contribution in [2.45, 2.75) is 53.1 Å². The van der Waals surface area contributed by atoms with E-state index in [4.69, 9.17) is 4.74 Å². The maximum atomic E-state index is 11.9. The average molecular weight is 258 g/mol. The van der Waals surface area contributed by atoms with Gasteiger partial charge in [-0.25, -0.2) is 0 Å². The fourth-order valence-electron chi connectivity index (χ4n) is 1.67. The Kier molecular flexibility index (Phi) is 8.37. The number of ether oxygens (including phenoxy) is 1. The molecular weight excluding hydrogens is 232 g/mol. The molecule has 1 N–H and O–H groups in total. The van der Waals surface area contributed by atoms with Gasteiger partial charge in [0, 0.05) is 12.6 Å². The fraction of sp³-hybridized carbons (Fsp3) is 0.846. The Morgan fingerprint density at radius 2 is 1.83 bits per heavy atom. The van der Waals surface area contributed by atoms with E-state index in [0.717, 1.165) is 6.42 Å². The van der Waals surface area contributed by atoms with Gasteiger partial charge in [0.1, 0.15) is 0 Å². The molecule has 1 unspecified atom stereocenters. The molecule has 0 saturated carbocycles. The lowest BCUT2D eigenvalue weighted by atomic mass is 10.2. The van der Waals surface area contributed by atoms with Crippen molar-refractivity contribution in [2.75, 3.05) is 19.7 Å². The molecule has 0 rings (SSSR count). The Balaban J connectivity index is 4.48. The Labute approximate surface area is 110 Å². The molecule has 0 fully saturated rings. The molecule has 1 atom stereocenters. The van der Waals surface area contributed by atoms with E-state index in [0.29, 0.717) is 13.2 Å². The topological polar surface area (TPSA) is 58.6 Å². The summed E-state index contributed by atoms with van der Waals surface area (Å²) in [5, 5.41) is 2.84. The van der Waals surface area contributed by atoms with Crippen molar-refractivity contribution in [2.24, 2.45) is 0 Å². The molecular formula is C13H26N2O3. The zero-order chi connectivity index (χ0) is 14.1. The first-order chi connectivity index (χ1) is 8.43. The molecule has 0 spiro atoms. The van der Waals surface area contributed by atoms with Gasteiger partial charge in [-0.15, -0.1) is 0 Å². The second-order valence-corrected chi connectivity index (χ2v) is 4.54. The number of amides is 1. The van der Waals surface area contributed by atoms with Crippen molar-refractivity contribution < 1.29 is 14.3 Å². The minimum absolute atomic E-state index is 0.0464. The number of carbonyl (C=O) groups is 2. The van der Waals surface area contributed by atoms with Crippen LogP contribution in [0.5, 0.6) is 0 Å². The lowest BCUT2D eigenvalue weighted by Crippen LogP contribution is -2.50. The summed E-state index contributed by atoms with van der Waals surface area (Å²) < 4.78 is 4.92. The Morgan fingerprint density at radius 3 is 2.28 bits per heavy atom. The summed E-state index contributed by atoms with van der Waals surface area (Å²) in [5.41, 5.74) is 0. The third-order valence-electron chi connectivity index (χ3n) is 2.71. The van der Waals surface area contributed by atoms with Gasteiger partial charge >= 0.3 is 5.97 Å². The molecule has 0 aromatic heterocycles. The zero-order valence-corrected chi connectivity index (χ0v) is 12.2. The highest BCUT2D eigenvalue weighted by Crippen LogP contribution is 2.06. The Hall–Kier alpha value is -1.10. The number of esters is 1. The third-order valence-corrected chi connectivity index (χ3v) is 2.71. The second kappa shape index (κ2) is 8.91. The van der Waals surface area contributed by atoms with Crippen LogP contribution in [0.2, 0.25) is 0 Å². The van der Waals surface area contributed by atoms with Gasteiger partial charge in [0.2, 0.25) is 5.91 Å². The van der Waals surface area contributed by atoms with Crippen molar-refractivity contribution >= 4 is 11.9 Å². The van der Waals surface area contributed by atoms with E-state index in [2.05, 4.69) is 5.32 Å². The number of nitrogens with zero attached hydrogens (tertiary/aromatic N) is 1. The first kappa shape index (κ1) is 16.9. The Morgan fingerprint density at radius 1 is 1.22 bits per heavy atom. The highest BCUT2D eigenvalue weighted by molar-refractivity contribution is 5.82. The Bertz CT molecular complexity index is 267. The van der Waals surface area contributed by atoms with E-state index in [1.165, 1.54) is 0 Å². The van der Waals surface area contributed by atoms with Gasteiger partial charge in [-0.05, 0) is 34.1 Å². The SMILES string of the molecule is CCCNC(=O)C(C)N(CC(=O)OCC)C(C)C. The van der Waals surface area contributed by atoms with Gasteiger partial charge in [-0.2, -0.15) is 0 Å². The smallest absolute Gasteiger partial charge is 0.320 e. The molecule has 0 aromatic rings. The molecule has 0 radical (unpaired) electrons. The van der Waals surface area contributed by atoms with Gasteiger partial charge in [-0.1, -0.05) is 6.92 Å². The molecule has 0 bridgehead atoms. The second-order valence-electron chi connectivity index (χ2n) is 4.54. The van der Waals surface area contributed by atoms with Crippen LogP contribution in [-0.4, -0.2) is 48.6 Å². The van der Waals surface area contributed by atoms with Crippen LogP contribution >= 0.6 is 0 Å². The van der Waals surface area contributed by atoms with Gasteiger partial charge in [-0.3, -0.25) is 14.5 Å². The molecule has 1 amide bonds.